The van der Waals surface area contributed by atoms with Crippen molar-refractivity contribution in [1.29, 1.82) is 0 Å². The normalized spacial score (nSPS) is 17.1. The minimum Gasteiger partial charge on any atom is -0.382 e. The molecule has 1 aliphatic rings. The van der Waals surface area contributed by atoms with Gasteiger partial charge in [-0.2, -0.15) is 0 Å². The van der Waals surface area contributed by atoms with Crippen molar-refractivity contribution in [2.75, 3.05) is 17.6 Å². The van der Waals surface area contributed by atoms with E-state index in [-0.39, 0.29) is 10.2 Å². The van der Waals surface area contributed by atoms with Gasteiger partial charge >= 0.3 is 0 Å². The van der Waals surface area contributed by atoms with Gasteiger partial charge in [0, 0.05) is 29.2 Å². The van der Waals surface area contributed by atoms with E-state index in [2.05, 4.69) is 33.4 Å². The molecule has 1 unspecified atom stereocenters. The second-order valence-corrected chi connectivity index (χ2v) is 6.59. The maximum Gasteiger partial charge on any atom is 0.147 e. The highest BCUT2D eigenvalue weighted by Gasteiger charge is 2.22. The van der Waals surface area contributed by atoms with Gasteiger partial charge in [-0.05, 0) is 33.6 Å². The van der Waals surface area contributed by atoms with Gasteiger partial charge in [0.1, 0.15) is 11.6 Å². The van der Waals surface area contributed by atoms with E-state index in [0.717, 1.165) is 11.8 Å². The number of halogens is 3. The van der Waals surface area contributed by atoms with Crippen LogP contribution in [0.3, 0.4) is 0 Å². The van der Waals surface area contributed by atoms with E-state index in [4.69, 9.17) is 0 Å². The molecule has 1 heterocycles. The Labute approximate surface area is 128 Å². The molecule has 0 aromatic heterocycles. The van der Waals surface area contributed by atoms with Gasteiger partial charge in [-0.1, -0.05) is 18.2 Å². The summed E-state index contributed by atoms with van der Waals surface area (Å²) in [4.78, 5) is 1.28. The third kappa shape index (κ3) is 2.69. The summed E-state index contributed by atoms with van der Waals surface area (Å²) in [5, 5.41) is 3.01. The number of fused-ring (bicyclic) bond motifs is 1. The highest BCUT2D eigenvalue weighted by Crippen LogP contribution is 2.39. The molecule has 0 spiro atoms. The van der Waals surface area contributed by atoms with Crippen LogP contribution in [-0.4, -0.2) is 12.3 Å². The van der Waals surface area contributed by atoms with Crippen molar-refractivity contribution in [2.45, 2.75) is 10.8 Å². The minimum absolute atomic E-state index is 0.141. The molecule has 0 fully saturated rings. The molecule has 1 aliphatic heterocycles. The lowest BCUT2D eigenvalue weighted by molar-refractivity contribution is 0.596. The van der Waals surface area contributed by atoms with E-state index < -0.39 is 11.6 Å². The number of hydrogen-bond acceptors (Lipinski definition) is 2. The van der Waals surface area contributed by atoms with Crippen LogP contribution >= 0.6 is 27.7 Å². The fraction of sp³-hybridized carbons (Fsp3) is 0.200. The van der Waals surface area contributed by atoms with Crippen molar-refractivity contribution in [3.63, 3.8) is 0 Å². The first kappa shape index (κ1) is 13.9. The van der Waals surface area contributed by atoms with Gasteiger partial charge in [0.25, 0.3) is 0 Å². The molecule has 3 rings (SSSR count). The highest BCUT2D eigenvalue weighted by molar-refractivity contribution is 9.10. The molecule has 0 bridgehead atoms. The standard InChI is InChI=1S/C15H12BrF2NS/c16-11-5-13(18)14(6-12(11)17)19-7-9-8-20-15-4-2-1-3-10(9)15/h1-6,9,19H,7-8H2. The highest BCUT2D eigenvalue weighted by atomic mass is 79.9. The molecule has 104 valence electrons. The molecule has 20 heavy (non-hydrogen) atoms. The van der Waals surface area contributed by atoms with Crippen LogP contribution in [0.25, 0.3) is 0 Å². The van der Waals surface area contributed by atoms with Gasteiger partial charge in [-0.15, -0.1) is 11.8 Å². The molecule has 5 heteroatoms. The minimum atomic E-state index is -0.463. The van der Waals surface area contributed by atoms with Crippen molar-refractivity contribution in [3.8, 4) is 0 Å². The lowest BCUT2D eigenvalue weighted by Crippen LogP contribution is -2.13. The number of hydrogen-bond donors (Lipinski definition) is 1. The quantitative estimate of drug-likeness (QED) is 0.775. The Kier molecular flexibility index (Phi) is 3.98. The molecule has 0 saturated heterocycles. The molecule has 0 saturated carbocycles. The average molecular weight is 356 g/mol. The van der Waals surface area contributed by atoms with Crippen LogP contribution in [0.1, 0.15) is 11.5 Å². The zero-order valence-corrected chi connectivity index (χ0v) is 12.9. The number of benzene rings is 2. The smallest absolute Gasteiger partial charge is 0.147 e. The Hall–Kier alpha value is -1.07. The SMILES string of the molecule is Fc1cc(NCC2CSc3ccccc32)c(F)cc1Br. The van der Waals surface area contributed by atoms with Crippen LogP contribution in [-0.2, 0) is 0 Å². The number of anilines is 1. The molecule has 2 aromatic carbocycles. The molecule has 0 aliphatic carbocycles. The van der Waals surface area contributed by atoms with Gasteiger partial charge in [-0.25, -0.2) is 8.78 Å². The Bertz CT molecular complexity index is 648. The molecule has 0 radical (unpaired) electrons. The lowest BCUT2D eigenvalue weighted by Gasteiger charge is -2.14. The van der Waals surface area contributed by atoms with Gasteiger partial charge in [0.05, 0.1) is 10.2 Å². The monoisotopic (exact) mass is 355 g/mol. The summed E-state index contributed by atoms with van der Waals surface area (Å²) >= 11 is 4.78. The van der Waals surface area contributed by atoms with Crippen molar-refractivity contribution >= 4 is 33.4 Å². The second-order valence-electron chi connectivity index (χ2n) is 4.67. The number of thioether (sulfide) groups is 1. The maximum absolute atomic E-state index is 13.7. The predicted octanol–water partition coefficient (Wildman–Crippen LogP) is 5.03. The third-order valence-electron chi connectivity index (χ3n) is 3.35. The van der Waals surface area contributed by atoms with E-state index in [9.17, 15) is 8.78 Å². The van der Waals surface area contributed by atoms with Crippen molar-refractivity contribution in [3.05, 3.63) is 58.1 Å². The van der Waals surface area contributed by atoms with Crippen LogP contribution in [0.15, 0.2) is 45.8 Å². The number of nitrogens with one attached hydrogen (secondary N) is 1. The van der Waals surface area contributed by atoms with Gasteiger partial charge in [0.2, 0.25) is 0 Å². The zero-order valence-electron chi connectivity index (χ0n) is 10.5. The summed E-state index contributed by atoms with van der Waals surface area (Å²) in [5.41, 5.74) is 1.49. The van der Waals surface area contributed by atoms with Crippen molar-refractivity contribution in [2.24, 2.45) is 0 Å². The number of rotatable bonds is 3. The van der Waals surface area contributed by atoms with Gasteiger partial charge < -0.3 is 5.32 Å². The van der Waals surface area contributed by atoms with Gasteiger partial charge in [-0.3, -0.25) is 0 Å². The lowest BCUT2D eigenvalue weighted by atomic mass is 10.0. The molecule has 2 aromatic rings. The third-order valence-corrected chi connectivity index (χ3v) is 5.21. The van der Waals surface area contributed by atoms with Crippen LogP contribution in [0.2, 0.25) is 0 Å². The van der Waals surface area contributed by atoms with Crippen LogP contribution in [0, 0.1) is 11.6 Å². The first-order valence-electron chi connectivity index (χ1n) is 6.25. The zero-order chi connectivity index (χ0) is 14.1. The molecule has 0 amide bonds. The summed E-state index contributed by atoms with van der Waals surface area (Å²) in [6, 6.07) is 10.6. The van der Waals surface area contributed by atoms with Gasteiger partial charge in [0.15, 0.2) is 0 Å². The van der Waals surface area contributed by atoms with E-state index >= 15 is 0 Å². The fourth-order valence-electron chi connectivity index (χ4n) is 2.29. The Balaban J connectivity index is 1.74. The van der Waals surface area contributed by atoms with E-state index in [1.165, 1.54) is 16.5 Å². The van der Waals surface area contributed by atoms with Crippen LogP contribution in [0.5, 0.6) is 0 Å². The summed E-state index contributed by atoms with van der Waals surface area (Å²) in [7, 11) is 0. The molecule has 1 nitrogen and oxygen atoms in total. The largest absolute Gasteiger partial charge is 0.382 e. The Morgan fingerprint density at radius 3 is 2.85 bits per heavy atom. The van der Waals surface area contributed by atoms with E-state index in [1.54, 1.807) is 11.8 Å². The molecular formula is C15H12BrF2NS. The van der Waals surface area contributed by atoms with E-state index in [0.29, 0.717) is 12.5 Å². The topological polar surface area (TPSA) is 12.0 Å². The predicted molar refractivity (Wildman–Crippen MR) is 82.5 cm³/mol. The Morgan fingerprint density at radius 2 is 2.00 bits per heavy atom. The summed E-state index contributed by atoms with van der Waals surface area (Å²) in [5.74, 6) is 0.377. The first-order chi connectivity index (χ1) is 9.65. The molecular weight excluding hydrogens is 344 g/mol. The van der Waals surface area contributed by atoms with Crippen LogP contribution in [0.4, 0.5) is 14.5 Å². The summed E-state index contributed by atoms with van der Waals surface area (Å²) in [6.07, 6.45) is 0. The van der Waals surface area contributed by atoms with Crippen molar-refractivity contribution < 1.29 is 8.78 Å². The second kappa shape index (κ2) is 5.74. The average Bonchev–Trinajstić information content (AvgIpc) is 2.85. The fourth-order valence-corrected chi connectivity index (χ4v) is 3.86. The van der Waals surface area contributed by atoms with Crippen LogP contribution < -0.4 is 5.32 Å². The van der Waals surface area contributed by atoms with E-state index in [1.807, 2.05) is 12.1 Å². The summed E-state index contributed by atoms with van der Waals surface area (Å²) in [6.45, 7) is 0.599. The first-order valence-corrected chi connectivity index (χ1v) is 8.03. The maximum atomic E-state index is 13.7. The molecule has 1 atom stereocenters. The Morgan fingerprint density at radius 1 is 1.20 bits per heavy atom. The summed E-state index contributed by atoms with van der Waals surface area (Å²) < 4.78 is 27.3. The van der Waals surface area contributed by atoms with Crippen molar-refractivity contribution in [1.82, 2.24) is 0 Å². The molecule has 1 N–H and O–H groups in total.